The Balaban J connectivity index is 1.21. The third-order valence-electron chi connectivity index (χ3n) is 6.50. The second kappa shape index (κ2) is 8.24. The highest BCUT2D eigenvalue weighted by Gasteiger charge is 2.49. The fraction of sp³-hybridized carbons (Fsp3) is 0.591. The van der Waals surface area contributed by atoms with Gasteiger partial charge in [-0.15, -0.1) is 5.10 Å². The van der Waals surface area contributed by atoms with Crippen molar-refractivity contribution in [3.8, 4) is 0 Å². The van der Waals surface area contributed by atoms with Gasteiger partial charge in [-0.3, -0.25) is 4.79 Å². The molecule has 4 atom stereocenters. The number of ether oxygens (including phenoxy) is 2. The van der Waals surface area contributed by atoms with E-state index in [2.05, 4.69) is 21.8 Å². The van der Waals surface area contributed by atoms with Gasteiger partial charge in [0.05, 0.1) is 24.9 Å². The van der Waals surface area contributed by atoms with Gasteiger partial charge in [0, 0.05) is 11.8 Å². The smallest absolute Gasteiger partial charge is 0.251 e. The largest absolute Gasteiger partial charge is 0.371 e. The summed E-state index contributed by atoms with van der Waals surface area (Å²) < 4.78 is 14.0. The Kier molecular flexibility index (Phi) is 5.33. The van der Waals surface area contributed by atoms with Gasteiger partial charge in [0.25, 0.3) is 5.91 Å². The quantitative estimate of drug-likeness (QED) is 0.840. The van der Waals surface area contributed by atoms with Gasteiger partial charge < -0.3 is 14.8 Å². The van der Waals surface area contributed by atoms with Crippen molar-refractivity contribution in [1.29, 1.82) is 0 Å². The summed E-state index contributed by atoms with van der Waals surface area (Å²) in [5.41, 5.74) is 1.71. The molecule has 0 spiro atoms. The topological polar surface area (TPSA) is 78.3 Å². The molecule has 154 valence electrons. The average molecular weight is 396 g/mol. The van der Waals surface area contributed by atoms with Crippen LogP contribution in [0.3, 0.4) is 0 Å². The van der Waals surface area contributed by atoms with E-state index in [0.29, 0.717) is 18.8 Å². The summed E-state index contributed by atoms with van der Waals surface area (Å²) >= 11 is 0. The van der Waals surface area contributed by atoms with E-state index < -0.39 is 0 Å². The van der Waals surface area contributed by atoms with Crippen LogP contribution in [0, 0.1) is 5.92 Å². The lowest BCUT2D eigenvalue weighted by Gasteiger charge is -2.20. The minimum Gasteiger partial charge on any atom is -0.371 e. The van der Waals surface area contributed by atoms with Crippen LogP contribution in [0.5, 0.6) is 0 Å². The number of rotatable bonds is 5. The monoisotopic (exact) mass is 396 g/mol. The first kappa shape index (κ1) is 18.8. The van der Waals surface area contributed by atoms with Crippen LogP contribution in [0.2, 0.25) is 0 Å². The predicted octanol–water partition coefficient (Wildman–Crippen LogP) is 2.54. The molecule has 7 nitrogen and oxygen atoms in total. The number of nitrogens with zero attached hydrogens (tertiary/aromatic N) is 3. The van der Waals surface area contributed by atoms with Crippen molar-refractivity contribution in [2.24, 2.45) is 5.92 Å². The number of aromatic nitrogens is 3. The molecule has 1 saturated carbocycles. The van der Waals surface area contributed by atoms with Gasteiger partial charge in [0.15, 0.2) is 0 Å². The van der Waals surface area contributed by atoms with Gasteiger partial charge in [-0.05, 0) is 24.5 Å². The second-order valence-corrected chi connectivity index (χ2v) is 8.51. The van der Waals surface area contributed by atoms with Crippen LogP contribution < -0.4 is 5.32 Å². The molecule has 0 unspecified atom stereocenters. The number of benzene rings is 1. The number of hydrogen-bond donors (Lipinski definition) is 1. The lowest BCUT2D eigenvalue weighted by Crippen LogP contribution is -2.44. The summed E-state index contributed by atoms with van der Waals surface area (Å²) in [6.07, 6.45) is 9.45. The van der Waals surface area contributed by atoms with E-state index in [1.165, 1.54) is 32.1 Å². The maximum absolute atomic E-state index is 12.5. The van der Waals surface area contributed by atoms with Crippen molar-refractivity contribution in [3.05, 3.63) is 47.8 Å². The van der Waals surface area contributed by atoms with E-state index in [-0.39, 0.29) is 30.2 Å². The Labute approximate surface area is 170 Å². The van der Waals surface area contributed by atoms with Gasteiger partial charge in [0.2, 0.25) is 0 Å². The zero-order valence-corrected chi connectivity index (χ0v) is 16.6. The summed E-state index contributed by atoms with van der Waals surface area (Å²) in [4.78, 5) is 12.5. The highest BCUT2D eigenvalue weighted by molar-refractivity contribution is 5.94. The molecule has 1 aliphatic carbocycles. The number of nitrogens with one attached hydrogen (secondary N) is 1. The van der Waals surface area contributed by atoms with Gasteiger partial charge >= 0.3 is 0 Å². The maximum atomic E-state index is 12.5. The first-order valence-electron chi connectivity index (χ1n) is 10.8. The molecule has 1 amide bonds. The van der Waals surface area contributed by atoms with Gasteiger partial charge in [-0.25, -0.2) is 4.68 Å². The Morgan fingerprint density at radius 1 is 1.07 bits per heavy atom. The number of fused-ring (bicyclic) bond motifs is 1. The summed E-state index contributed by atoms with van der Waals surface area (Å²) in [5.74, 6) is 0.643. The average Bonchev–Trinajstić information content (AvgIpc) is 3.47. The van der Waals surface area contributed by atoms with E-state index >= 15 is 0 Å². The molecular weight excluding hydrogens is 368 g/mol. The maximum Gasteiger partial charge on any atom is 0.251 e. The first-order valence-corrected chi connectivity index (χ1v) is 10.8. The second-order valence-electron chi connectivity index (χ2n) is 8.51. The molecule has 5 rings (SSSR count). The lowest BCUT2D eigenvalue weighted by molar-refractivity contribution is 0.0613. The van der Waals surface area contributed by atoms with Crippen LogP contribution >= 0.6 is 0 Å². The highest BCUT2D eigenvalue weighted by atomic mass is 16.6. The zero-order chi connectivity index (χ0) is 19.6. The Morgan fingerprint density at radius 3 is 2.69 bits per heavy atom. The van der Waals surface area contributed by atoms with E-state index in [0.717, 1.165) is 18.0 Å². The van der Waals surface area contributed by atoms with Gasteiger partial charge in [-0.1, -0.05) is 55.5 Å². The summed E-state index contributed by atoms with van der Waals surface area (Å²) in [7, 11) is 0. The molecule has 1 aromatic carbocycles. The fourth-order valence-corrected chi connectivity index (χ4v) is 4.93. The van der Waals surface area contributed by atoms with E-state index in [4.69, 9.17) is 9.47 Å². The third-order valence-corrected chi connectivity index (χ3v) is 6.50. The molecule has 1 aromatic heterocycles. The molecule has 29 heavy (non-hydrogen) atoms. The Morgan fingerprint density at radius 2 is 1.86 bits per heavy atom. The zero-order valence-electron chi connectivity index (χ0n) is 16.6. The van der Waals surface area contributed by atoms with E-state index in [1.807, 2.05) is 35.0 Å². The van der Waals surface area contributed by atoms with Crippen molar-refractivity contribution in [1.82, 2.24) is 20.3 Å². The van der Waals surface area contributed by atoms with E-state index in [1.54, 1.807) is 0 Å². The van der Waals surface area contributed by atoms with Crippen LogP contribution in [0.15, 0.2) is 36.5 Å². The molecule has 0 bridgehead atoms. The molecule has 2 aliphatic heterocycles. The minimum absolute atomic E-state index is 0.00577. The number of hydrogen-bond acceptors (Lipinski definition) is 5. The van der Waals surface area contributed by atoms with Crippen LogP contribution in [-0.4, -0.2) is 52.4 Å². The van der Waals surface area contributed by atoms with Crippen molar-refractivity contribution < 1.29 is 14.3 Å². The van der Waals surface area contributed by atoms with Gasteiger partial charge in [0.1, 0.15) is 18.2 Å². The molecule has 2 saturated heterocycles. The van der Waals surface area contributed by atoms with Crippen LogP contribution in [0.1, 0.15) is 54.2 Å². The molecule has 2 aromatic rings. The fourth-order valence-electron chi connectivity index (χ4n) is 4.93. The summed E-state index contributed by atoms with van der Waals surface area (Å²) in [5, 5.41) is 11.8. The number of carbonyl (C=O) groups is 1. The lowest BCUT2D eigenvalue weighted by atomic mass is 9.86. The van der Waals surface area contributed by atoms with Crippen molar-refractivity contribution >= 4 is 5.91 Å². The number of carbonyl (C=O) groups excluding carboxylic acids is 1. The molecule has 3 heterocycles. The summed E-state index contributed by atoms with van der Waals surface area (Å²) in [6, 6.07) is 9.10. The van der Waals surface area contributed by atoms with Crippen LogP contribution in [0.4, 0.5) is 0 Å². The van der Waals surface area contributed by atoms with Crippen molar-refractivity contribution in [2.75, 3.05) is 13.2 Å². The normalized spacial score (nSPS) is 29.7. The molecular formula is C22H28N4O3. The molecule has 3 fully saturated rings. The highest BCUT2D eigenvalue weighted by Crippen LogP contribution is 2.34. The van der Waals surface area contributed by atoms with Crippen LogP contribution in [0.25, 0.3) is 0 Å². The molecule has 7 heteroatoms. The number of amides is 1. The molecule has 3 aliphatic rings. The predicted molar refractivity (Wildman–Crippen MR) is 107 cm³/mol. The SMILES string of the molecule is O=C(N[C@H]1CO[C@H]2[C@@H]1OC[C@@H]2n1cc(CC2CCCCC2)nn1)c1ccccc1. The third kappa shape index (κ3) is 3.94. The van der Waals surface area contributed by atoms with Crippen molar-refractivity contribution in [3.63, 3.8) is 0 Å². The van der Waals surface area contributed by atoms with Crippen LogP contribution in [-0.2, 0) is 15.9 Å². The Bertz CT molecular complexity index is 834. The van der Waals surface area contributed by atoms with E-state index in [9.17, 15) is 4.79 Å². The standard InChI is InChI=1S/C22H28N4O3/c27-22(16-9-5-2-6-10-16)23-18-13-28-21-19(14-29-20(18)21)26-12-17(24-25-26)11-15-7-3-1-4-8-15/h2,5-6,9-10,12,15,18-21H,1,3-4,7-8,11,13-14H2,(H,23,27)/t18-,19-,20+,21+/m0/s1. The summed E-state index contributed by atoms with van der Waals surface area (Å²) in [6.45, 7) is 0.979. The van der Waals surface area contributed by atoms with Gasteiger partial charge in [-0.2, -0.15) is 0 Å². The Hall–Kier alpha value is -2.25. The minimum atomic E-state index is -0.154. The first-order chi connectivity index (χ1) is 14.3. The molecule has 0 radical (unpaired) electrons. The molecule has 1 N–H and O–H groups in total. The van der Waals surface area contributed by atoms with Crippen molar-refractivity contribution in [2.45, 2.75) is 62.8 Å².